The number of nitrogens with zero attached hydrogens (tertiary/aromatic N) is 5. The molecule has 0 bridgehead atoms. The van der Waals surface area contributed by atoms with Crippen LogP contribution in [0.3, 0.4) is 0 Å². The third kappa shape index (κ3) is 4.58. The Morgan fingerprint density at radius 3 is 2.56 bits per heavy atom. The van der Waals surface area contributed by atoms with Crippen molar-refractivity contribution in [3.63, 3.8) is 0 Å². The summed E-state index contributed by atoms with van der Waals surface area (Å²) in [5, 5.41) is 15.6. The summed E-state index contributed by atoms with van der Waals surface area (Å²) in [7, 11) is 0. The van der Waals surface area contributed by atoms with Crippen LogP contribution in [0.5, 0.6) is 5.75 Å². The van der Waals surface area contributed by atoms with E-state index in [2.05, 4.69) is 11.6 Å². The van der Waals surface area contributed by atoms with Crippen LogP contribution in [0.4, 0.5) is 23.2 Å². The molecular weight excluding hydrogens is 544 g/mol. The topological polar surface area (TPSA) is 118 Å². The number of carbonyl (C=O) groups is 2. The second-order valence-electron chi connectivity index (χ2n) is 10.5. The SMILES string of the molecule is C=CC(=O)N1CCc2nn(-c3cc(F)c(C4CC4)cc3O)c3c2C(C1)N(C(=O)c1cnc(C(F)(F)F)cc1N)CC3. The lowest BCUT2D eigenvalue weighted by atomic mass is 9.94. The molecule has 2 aliphatic heterocycles. The number of hydrogen-bond acceptors (Lipinski definition) is 6. The smallest absolute Gasteiger partial charge is 0.433 e. The first-order valence-corrected chi connectivity index (χ1v) is 13.2. The van der Waals surface area contributed by atoms with Gasteiger partial charge >= 0.3 is 6.18 Å². The summed E-state index contributed by atoms with van der Waals surface area (Å²) in [6, 6.07) is 2.58. The summed E-state index contributed by atoms with van der Waals surface area (Å²) in [4.78, 5) is 32.7. The van der Waals surface area contributed by atoms with Crippen molar-refractivity contribution in [1.82, 2.24) is 24.6 Å². The predicted octanol–water partition coefficient (Wildman–Crippen LogP) is 3.90. The summed E-state index contributed by atoms with van der Waals surface area (Å²) >= 11 is 0. The molecule has 1 unspecified atom stereocenters. The van der Waals surface area contributed by atoms with Crippen LogP contribution in [0.1, 0.15) is 63.4 Å². The van der Waals surface area contributed by atoms with Crippen LogP contribution in [0.15, 0.2) is 37.1 Å². The Balaban J connectivity index is 1.43. The molecule has 214 valence electrons. The highest BCUT2D eigenvalue weighted by atomic mass is 19.4. The number of pyridine rings is 1. The number of halogens is 4. The van der Waals surface area contributed by atoms with Crippen molar-refractivity contribution in [2.24, 2.45) is 0 Å². The Morgan fingerprint density at radius 1 is 1.15 bits per heavy atom. The highest BCUT2D eigenvalue weighted by Gasteiger charge is 2.41. The van der Waals surface area contributed by atoms with E-state index in [-0.39, 0.29) is 60.6 Å². The van der Waals surface area contributed by atoms with E-state index in [1.165, 1.54) is 32.7 Å². The fourth-order valence-corrected chi connectivity index (χ4v) is 5.77. The lowest BCUT2D eigenvalue weighted by Gasteiger charge is -2.38. The minimum Gasteiger partial charge on any atom is -0.506 e. The van der Waals surface area contributed by atoms with Crippen molar-refractivity contribution in [3.8, 4) is 11.4 Å². The zero-order valence-corrected chi connectivity index (χ0v) is 21.8. The first-order valence-electron chi connectivity index (χ1n) is 13.2. The van der Waals surface area contributed by atoms with Gasteiger partial charge in [0.1, 0.15) is 22.9 Å². The van der Waals surface area contributed by atoms with Crippen molar-refractivity contribution in [2.75, 3.05) is 25.4 Å². The van der Waals surface area contributed by atoms with Gasteiger partial charge in [-0.2, -0.15) is 18.3 Å². The molecule has 2 amide bonds. The van der Waals surface area contributed by atoms with E-state index in [1.54, 1.807) is 0 Å². The molecule has 1 aliphatic carbocycles. The van der Waals surface area contributed by atoms with Crippen LogP contribution in [-0.2, 0) is 23.8 Å². The molecular formula is C28H26F4N6O3. The molecule has 41 heavy (non-hydrogen) atoms. The molecule has 0 radical (unpaired) electrons. The standard InChI is InChI=1S/C28H26F4N6O3/c1-2-25(40)36-7-5-19-26-20(38(35-19)21-10-17(29)15(9-23(21)39)14-3-4-14)6-8-37(22(26)13-36)27(41)16-12-34-24(11-18(16)33)28(30,31)32/h2,9-12,14,22,39H,1,3-8,13H2,(H2,33,34). The minimum atomic E-state index is -4.73. The first kappa shape index (κ1) is 26.8. The quantitative estimate of drug-likeness (QED) is 0.363. The number of benzene rings is 1. The number of phenols is 1. The van der Waals surface area contributed by atoms with Gasteiger partial charge in [-0.3, -0.25) is 14.6 Å². The maximum atomic E-state index is 15.0. The zero-order valence-electron chi connectivity index (χ0n) is 21.8. The second kappa shape index (κ2) is 9.60. The summed E-state index contributed by atoms with van der Waals surface area (Å²) in [6.45, 7) is 3.98. The molecule has 6 rings (SSSR count). The molecule has 13 heteroatoms. The van der Waals surface area contributed by atoms with Gasteiger partial charge in [-0.1, -0.05) is 6.58 Å². The number of carbonyl (C=O) groups excluding carboxylic acids is 2. The Kier molecular flexibility index (Phi) is 6.27. The van der Waals surface area contributed by atoms with E-state index in [0.29, 0.717) is 35.0 Å². The largest absolute Gasteiger partial charge is 0.506 e. The monoisotopic (exact) mass is 570 g/mol. The van der Waals surface area contributed by atoms with Gasteiger partial charge in [0.2, 0.25) is 5.91 Å². The van der Waals surface area contributed by atoms with Crippen molar-refractivity contribution in [2.45, 2.75) is 43.8 Å². The molecule has 3 aromatic rings. The first-order chi connectivity index (χ1) is 19.5. The molecule has 0 spiro atoms. The molecule has 1 aromatic carbocycles. The van der Waals surface area contributed by atoms with Crippen LogP contribution in [0, 0.1) is 5.82 Å². The van der Waals surface area contributed by atoms with E-state index in [1.807, 2.05) is 0 Å². The number of nitrogens with two attached hydrogens (primary N) is 1. The van der Waals surface area contributed by atoms with Crippen molar-refractivity contribution in [3.05, 3.63) is 76.6 Å². The van der Waals surface area contributed by atoms with Crippen LogP contribution in [0.2, 0.25) is 0 Å². The molecule has 2 aromatic heterocycles. The summed E-state index contributed by atoms with van der Waals surface area (Å²) < 4.78 is 55.9. The number of anilines is 1. The molecule has 4 heterocycles. The third-order valence-corrected chi connectivity index (χ3v) is 7.95. The Morgan fingerprint density at radius 2 is 1.90 bits per heavy atom. The Hall–Kier alpha value is -4.42. The van der Waals surface area contributed by atoms with Crippen molar-refractivity contribution in [1.29, 1.82) is 0 Å². The van der Waals surface area contributed by atoms with Crippen LogP contribution >= 0.6 is 0 Å². The van der Waals surface area contributed by atoms with Gasteiger partial charge in [0, 0.05) is 56.0 Å². The molecule has 0 saturated heterocycles. The number of aromatic nitrogens is 3. The van der Waals surface area contributed by atoms with Gasteiger partial charge in [0.25, 0.3) is 5.91 Å². The number of alkyl halides is 3. The lowest BCUT2D eigenvalue weighted by molar-refractivity contribution is -0.141. The van der Waals surface area contributed by atoms with Crippen LogP contribution < -0.4 is 5.73 Å². The molecule has 1 saturated carbocycles. The van der Waals surface area contributed by atoms with Crippen molar-refractivity contribution >= 4 is 17.5 Å². The number of aromatic hydroxyl groups is 1. The normalized spacial score (nSPS) is 18.6. The van der Waals surface area contributed by atoms with Gasteiger partial charge in [-0.05, 0) is 42.5 Å². The van der Waals surface area contributed by atoms with E-state index >= 15 is 4.39 Å². The van der Waals surface area contributed by atoms with Gasteiger partial charge in [0.15, 0.2) is 0 Å². The van der Waals surface area contributed by atoms with E-state index in [9.17, 15) is 27.9 Å². The van der Waals surface area contributed by atoms with Gasteiger partial charge in [-0.25, -0.2) is 9.07 Å². The highest BCUT2D eigenvalue weighted by Crippen LogP contribution is 2.44. The van der Waals surface area contributed by atoms with Gasteiger partial charge < -0.3 is 20.6 Å². The van der Waals surface area contributed by atoms with Gasteiger partial charge in [-0.15, -0.1) is 0 Å². The minimum absolute atomic E-state index is 0.0667. The average molecular weight is 571 g/mol. The molecule has 3 N–H and O–H groups in total. The van der Waals surface area contributed by atoms with E-state index in [4.69, 9.17) is 10.8 Å². The zero-order chi connectivity index (χ0) is 29.2. The number of rotatable bonds is 4. The molecule has 1 fully saturated rings. The summed E-state index contributed by atoms with van der Waals surface area (Å²) in [5.41, 5.74) is 6.59. The second-order valence-corrected chi connectivity index (χ2v) is 10.5. The van der Waals surface area contributed by atoms with Crippen molar-refractivity contribution < 1.29 is 32.3 Å². The Bertz CT molecular complexity index is 1600. The van der Waals surface area contributed by atoms with Crippen LogP contribution in [0.25, 0.3) is 5.69 Å². The van der Waals surface area contributed by atoms with E-state index < -0.39 is 29.6 Å². The van der Waals surface area contributed by atoms with Gasteiger partial charge in [0.05, 0.1) is 23.0 Å². The lowest BCUT2D eigenvalue weighted by Crippen LogP contribution is -2.46. The third-order valence-electron chi connectivity index (χ3n) is 7.95. The fourth-order valence-electron chi connectivity index (χ4n) is 5.77. The number of phenolic OH excluding ortho intramolecular Hbond substituents is 1. The molecule has 3 aliphatic rings. The number of hydrogen-bond donors (Lipinski definition) is 2. The maximum Gasteiger partial charge on any atom is 0.433 e. The fraction of sp³-hybridized carbons (Fsp3) is 0.357. The molecule has 9 nitrogen and oxygen atoms in total. The number of amides is 2. The molecule has 1 atom stereocenters. The Labute approximate surface area is 231 Å². The predicted molar refractivity (Wildman–Crippen MR) is 139 cm³/mol. The number of nitrogen functional groups attached to an aromatic ring is 1. The summed E-state index contributed by atoms with van der Waals surface area (Å²) in [6.07, 6.45) is -0.456. The van der Waals surface area contributed by atoms with E-state index in [0.717, 1.165) is 19.0 Å². The maximum absolute atomic E-state index is 15.0. The average Bonchev–Trinajstić information content (AvgIpc) is 3.73. The summed E-state index contributed by atoms with van der Waals surface area (Å²) in [5.74, 6) is -1.46. The van der Waals surface area contributed by atoms with Crippen LogP contribution in [-0.4, -0.2) is 61.1 Å². The highest BCUT2D eigenvalue weighted by molar-refractivity contribution is 5.99.